The van der Waals surface area contributed by atoms with Gasteiger partial charge in [-0.25, -0.2) is 0 Å². The van der Waals surface area contributed by atoms with E-state index in [1.165, 1.54) is 10.4 Å². The lowest BCUT2D eigenvalue weighted by Gasteiger charge is -1.87. The highest BCUT2D eigenvalue weighted by Crippen LogP contribution is 2.22. The van der Waals surface area contributed by atoms with Crippen LogP contribution in [0.4, 0.5) is 5.00 Å². The molecule has 0 fully saturated rings. The van der Waals surface area contributed by atoms with Crippen LogP contribution in [0, 0.1) is 13.0 Å². The summed E-state index contributed by atoms with van der Waals surface area (Å²) in [6, 6.07) is 3.05. The maximum atomic E-state index is 5.52. The van der Waals surface area contributed by atoms with Crippen molar-refractivity contribution in [3.8, 4) is 0 Å². The van der Waals surface area contributed by atoms with Crippen LogP contribution in [0.2, 0.25) is 0 Å². The molecule has 0 bridgehead atoms. The van der Waals surface area contributed by atoms with Crippen LogP contribution in [0.15, 0.2) is 0 Å². The fourth-order valence-electron chi connectivity index (χ4n) is 0.827. The lowest BCUT2D eigenvalue weighted by atomic mass is 10.2. The van der Waals surface area contributed by atoms with Crippen LogP contribution in [0.3, 0.4) is 0 Å². The van der Waals surface area contributed by atoms with Crippen LogP contribution in [-0.4, -0.2) is 0 Å². The third-order valence-electron chi connectivity index (χ3n) is 1.28. The largest absolute Gasteiger partial charge is 0.390 e. The fourth-order valence-corrected chi connectivity index (χ4v) is 1.64. The number of thiophene rings is 1. The highest BCUT2D eigenvalue weighted by molar-refractivity contribution is 7.15. The Morgan fingerprint density at radius 2 is 2.33 bits per heavy atom. The molecule has 0 amide bonds. The van der Waals surface area contributed by atoms with Gasteiger partial charge in [0, 0.05) is 10.9 Å². The van der Waals surface area contributed by atoms with Gasteiger partial charge in [-0.15, -0.1) is 11.3 Å². The standard InChI is InChI=1S/C7H10NS/c1-3-6-5(2)4-7(8)9-6/h3,8H2,1-2H3. The molecule has 0 atom stereocenters. The molecule has 0 spiro atoms. The van der Waals surface area contributed by atoms with E-state index in [1.807, 2.05) is 6.92 Å². The number of nitrogen functional groups attached to an aromatic ring is 1. The minimum atomic E-state index is 0.810. The minimum Gasteiger partial charge on any atom is -0.390 e. The molecular formula is C7H10NS. The predicted octanol–water partition coefficient (Wildman–Crippen LogP) is 2.00. The second-order valence-corrected chi connectivity index (χ2v) is 3.13. The molecule has 1 rings (SSSR count). The number of aryl methyl sites for hydroxylation is 2. The van der Waals surface area contributed by atoms with Gasteiger partial charge in [-0.2, -0.15) is 0 Å². The van der Waals surface area contributed by atoms with Crippen LogP contribution >= 0.6 is 11.3 Å². The predicted molar refractivity (Wildman–Crippen MR) is 41.7 cm³/mol. The van der Waals surface area contributed by atoms with Crippen molar-refractivity contribution in [2.24, 2.45) is 0 Å². The molecule has 1 aromatic heterocycles. The molecule has 0 saturated carbocycles. The van der Waals surface area contributed by atoms with Crippen molar-refractivity contribution in [2.75, 3.05) is 5.73 Å². The molecular weight excluding hydrogens is 130 g/mol. The monoisotopic (exact) mass is 140 g/mol. The van der Waals surface area contributed by atoms with Crippen LogP contribution in [-0.2, 0) is 6.42 Å². The lowest BCUT2D eigenvalue weighted by Crippen LogP contribution is -1.74. The van der Waals surface area contributed by atoms with Gasteiger partial charge in [0.15, 0.2) is 0 Å². The van der Waals surface area contributed by atoms with Gasteiger partial charge in [0.05, 0.1) is 5.00 Å². The molecule has 9 heavy (non-hydrogen) atoms. The Bertz CT molecular complexity index is 203. The Balaban J connectivity index is 3.01. The van der Waals surface area contributed by atoms with Crippen molar-refractivity contribution >= 4 is 16.3 Å². The molecule has 1 radical (unpaired) electrons. The average Bonchev–Trinajstić information content (AvgIpc) is 2.10. The summed E-state index contributed by atoms with van der Waals surface area (Å²) >= 11 is 1.64. The zero-order valence-electron chi connectivity index (χ0n) is 5.69. The molecule has 0 aliphatic heterocycles. The second-order valence-electron chi connectivity index (χ2n) is 1.99. The molecule has 0 saturated heterocycles. The summed E-state index contributed by atoms with van der Waals surface area (Å²) in [4.78, 5) is 1.35. The normalized spacial score (nSPS) is 10.0. The van der Waals surface area contributed by atoms with Crippen LogP contribution in [0.25, 0.3) is 0 Å². The van der Waals surface area contributed by atoms with E-state index < -0.39 is 0 Å². The van der Waals surface area contributed by atoms with E-state index >= 15 is 0 Å². The molecule has 1 nitrogen and oxygen atoms in total. The maximum absolute atomic E-state index is 5.52. The summed E-state index contributed by atoms with van der Waals surface area (Å²) in [7, 11) is 0. The van der Waals surface area contributed by atoms with Gasteiger partial charge in [-0.05, 0) is 18.9 Å². The molecule has 0 aliphatic rings. The van der Waals surface area contributed by atoms with Crippen LogP contribution in [0.1, 0.15) is 17.4 Å². The number of rotatable bonds is 1. The van der Waals surface area contributed by atoms with E-state index in [0.29, 0.717) is 0 Å². The Morgan fingerprint density at radius 3 is 2.56 bits per heavy atom. The van der Waals surface area contributed by atoms with Crippen molar-refractivity contribution in [1.82, 2.24) is 0 Å². The molecule has 0 aromatic carbocycles. The smallest absolute Gasteiger partial charge is 0.0942 e. The fraction of sp³-hybridized carbons (Fsp3) is 0.429. The molecule has 0 aliphatic carbocycles. The van der Waals surface area contributed by atoms with Gasteiger partial charge in [-0.3, -0.25) is 0 Å². The topological polar surface area (TPSA) is 26.0 Å². The van der Waals surface area contributed by atoms with Crippen LogP contribution < -0.4 is 5.73 Å². The van der Waals surface area contributed by atoms with Crippen molar-refractivity contribution in [1.29, 1.82) is 0 Å². The number of hydrogen-bond donors (Lipinski definition) is 1. The number of anilines is 1. The Kier molecular flexibility index (Phi) is 1.76. The van der Waals surface area contributed by atoms with E-state index in [1.54, 1.807) is 11.3 Å². The molecule has 1 aromatic rings. The van der Waals surface area contributed by atoms with Crippen LogP contribution in [0.5, 0.6) is 0 Å². The summed E-state index contributed by atoms with van der Waals surface area (Å²) in [5, 5.41) is 0.810. The van der Waals surface area contributed by atoms with E-state index in [-0.39, 0.29) is 0 Å². The Morgan fingerprint density at radius 1 is 1.67 bits per heavy atom. The third kappa shape index (κ3) is 1.24. The van der Waals surface area contributed by atoms with Crippen molar-refractivity contribution in [2.45, 2.75) is 20.3 Å². The summed E-state index contributed by atoms with van der Waals surface area (Å²) in [6.07, 6.45) is 1.07. The molecule has 49 valence electrons. The van der Waals surface area contributed by atoms with Gasteiger partial charge in [-0.1, -0.05) is 6.92 Å². The molecule has 2 heteroatoms. The summed E-state index contributed by atoms with van der Waals surface area (Å²) in [5.74, 6) is 0. The second kappa shape index (κ2) is 2.40. The highest BCUT2D eigenvalue weighted by atomic mass is 32.1. The van der Waals surface area contributed by atoms with Crippen molar-refractivity contribution < 1.29 is 0 Å². The van der Waals surface area contributed by atoms with Gasteiger partial charge in [0.25, 0.3) is 0 Å². The lowest BCUT2D eigenvalue weighted by molar-refractivity contribution is 1.16. The average molecular weight is 140 g/mol. The first-order chi connectivity index (χ1) is 4.24. The van der Waals surface area contributed by atoms with Gasteiger partial charge in [0.1, 0.15) is 0 Å². The minimum absolute atomic E-state index is 0.810. The van der Waals surface area contributed by atoms with E-state index in [0.717, 1.165) is 11.4 Å². The number of hydrogen-bond acceptors (Lipinski definition) is 2. The number of nitrogens with two attached hydrogens (primary N) is 1. The van der Waals surface area contributed by atoms with Crippen molar-refractivity contribution in [3.05, 3.63) is 16.5 Å². The quantitative estimate of drug-likeness (QED) is 0.634. The maximum Gasteiger partial charge on any atom is 0.0942 e. The van der Waals surface area contributed by atoms with E-state index in [4.69, 9.17) is 5.73 Å². The van der Waals surface area contributed by atoms with E-state index in [2.05, 4.69) is 13.0 Å². The summed E-state index contributed by atoms with van der Waals surface area (Å²) < 4.78 is 0. The zero-order chi connectivity index (χ0) is 6.85. The van der Waals surface area contributed by atoms with E-state index in [9.17, 15) is 0 Å². The van der Waals surface area contributed by atoms with Gasteiger partial charge < -0.3 is 5.73 Å². The first-order valence-electron chi connectivity index (χ1n) is 3.01. The molecule has 0 unspecified atom stereocenters. The molecule has 2 N–H and O–H groups in total. The van der Waals surface area contributed by atoms with Gasteiger partial charge >= 0.3 is 0 Å². The Labute approximate surface area is 59.5 Å². The Hall–Kier alpha value is -0.500. The third-order valence-corrected chi connectivity index (χ3v) is 2.45. The zero-order valence-corrected chi connectivity index (χ0v) is 6.51. The first-order valence-corrected chi connectivity index (χ1v) is 3.82. The SMILES string of the molecule is CCc1sc(N)[c]c1C. The molecule has 1 heterocycles. The highest BCUT2D eigenvalue weighted by Gasteiger charge is 1.99. The summed E-state index contributed by atoms with van der Waals surface area (Å²) in [5.41, 5.74) is 6.73. The summed E-state index contributed by atoms with van der Waals surface area (Å²) in [6.45, 7) is 4.18. The van der Waals surface area contributed by atoms with Crippen molar-refractivity contribution in [3.63, 3.8) is 0 Å². The van der Waals surface area contributed by atoms with Gasteiger partial charge in [0.2, 0.25) is 0 Å². The first kappa shape index (κ1) is 6.62.